The molecule has 74 valence electrons. The van der Waals surface area contributed by atoms with Crippen molar-refractivity contribution in [2.24, 2.45) is 5.41 Å². The first kappa shape index (κ1) is 10.4. The Bertz CT molecular complexity index is 298. The second-order valence-electron chi connectivity index (χ2n) is 4.36. The average Bonchev–Trinajstić information content (AvgIpc) is 2.30. The van der Waals surface area contributed by atoms with Gasteiger partial charge in [-0.25, -0.2) is 4.68 Å². The summed E-state index contributed by atoms with van der Waals surface area (Å²) in [6, 6.07) is 0.236. The van der Waals surface area contributed by atoms with Crippen LogP contribution in [0.15, 0.2) is 6.20 Å². The molecule has 0 aliphatic rings. The summed E-state index contributed by atoms with van der Waals surface area (Å²) in [6.07, 6.45) is 1.58. The van der Waals surface area contributed by atoms with Crippen LogP contribution >= 0.6 is 11.6 Å². The predicted octanol–water partition coefficient (Wildman–Crippen LogP) is 2.73. The van der Waals surface area contributed by atoms with Gasteiger partial charge in [-0.15, -0.1) is 0 Å². The molecule has 0 aliphatic heterocycles. The number of rotatable bonds is 1. The first-order valence-electron chi connectivity index (χ1n) is 4.32. The quantitative estimate of drug-likeness (QED) is 0.760. The lowest BCUT2D eigenvalue weighted by atomic mass is 9.88. The zero-order valence-electron chi connectivity index (χ0n) is 8.50. The molecule has 13 heavy (non-hydrogen) atoms. The molecule has 2 N–H and O–H groups in total. The molecular formula is C9H16ClN3. The van der Waals surface area contributed by atoms with Crippen molar-refractivity contribution in [2.45, 2.75) is 33.7 Å². The SMILES string of the molecule is CC(n1ncc(Cl)c1N)C(C)(C)C. The minimum atomic E-state index is 0.128. The van der Waals surface area contributed by atoms with Crippen molar-refractivity contribution >= 4 is 17.4 Å². The van der Waals surface area contributed by atoms with E-state index in [9.17, 15) is 0 Å². The number of nitrogens with zero attached hydrogens (tertiary/aromatic N) is 2. The lowest BCUT2D eigenvalue weighted by Crippen LogP contribution is -2.23. The van der Waals surface area contributed by atoms with Crippen molar-refractivity contribution in [1.82, 2.24) is 9.78 Å². The Morgan fingerprint density at radius 3 is 2.38 bits per heavy atom. The van der Waals surface area contributed by atoms with Gasteiger partial charge in [0.1, 0.15) is 10.8 Å². The fourth-order valence-electron chi connectivity index (χ4n) is 1.03. The highest BCUT2D eigenvalue weighted by Crippen LogP contribution is 2.32. The normalized spacial score (nSPS) is 14.5. The maximum Gasteiger partial charge on any atom is 0.140 e. The molecule has 1 aromatic heterocycles. The Balaban J connectivity index is 3.02. The van der Waals surface area contributed by atoms with Gasteiger partial charge >= 0.3 is 0 Å². The molecule has 0 saturated heterocycles. The first-order chi connectivity index (χ1) is 5.84. The molecule has 0 radical (unpaired) electrons. The van der Waals surface area contributed by atoms with Gasteiger partial charge in [0.25, 0.3) is 0 Å². The Kier molecular flexibility index (Phi) is 2.57. The van der Waals surface area contributed by atoms with E-state index in [2.05, 4.69) is 32.8 Å². The molecule has 1 atom stereocenters. The molecule has 0 saturated carbocycles. The Hall–Kier alpha value is -0.700. The van der Waals surface area contributed by atoms with E-state index in [1.807, 2.05) is 0 Å². The number of nitrogen functional groups attached to an aromatic ring is 1. The minimum absolute atomic E-state index is 0.128. The highest BCUT2D eigenvalue weighted by atomic mass is 35.5. The number of halogens is 1. The highest BCUT2D eigenvalue weighted by molar-refractivity contribution is 6.32. The van der Waals surface area contributed by atoms with Crippen LogP contribution in [-0.4, -0.2) is 9.78 Å². The summed E-state index contributed by atoms with van der Waals surface area (Å²) in [7, 11) is 0. The van der Waals surface area contributed by atoms with E-state index in [1.165, 1.54) is 0 Å². The Morgan fingerprint density at radius 2 is 2.08 bits per heavy atom. The monoisotopic (exact) mass is 201 g/mol. The standard InChI is InChI=1S/C9H16ClN3/c1-6(9(2,3)4)13-8(11)7(10)5-12-13/h5-6H,11H2,1-4H3. The number of hydrogen-bond donors (Lipinski definition) is 1. The summed E-state index contributed by atoms with van der Waals surface area (Å²) in [5.74, 6) is 0.545. The van der Waals surface area contributed by atoms with Gasteiger partial charge in [0.05, 0.1) is 12.2 Å². The summed E-state index contributed by atoms with van der Waals surface area (Å²) in [5.41, 5.74) is 5.90. The van der Waals surface area contributed by atoms with E-state index < -0.39 is 0 Å². The zero-order chi connectivity index (χ0) is 10.2. The smallest absolute Gasteiger partial charge is 0.140 e. The van der Waals surface area contributed by atoms with Crippen LogP contribution in [0.2, 0.25) is 5.02 Å². The molecule has 1 unspecified atom stereocenters. The van der Waals surface area contributed by atoms with Crippen molar-refractivity contribution in [2.75, 3.05) is 5.73 Å². The van der Waals surface area contributed by atoms with E-state index in [0.29, 0.717) is 10.8 Å². The number of hydrogen-bond acceptors (Lipinski definition) is 2. The number of nitrogens with two attached hydrogens (primary N) is 1. The van der Waals surface area contributed by atoms with Gasteiger partial charge in [0.15, 0.2) is 0 Å². The molecule has 0 spiro atoms. The number of anilines is 1. The van der Waals surface area contributed by atoms with E-state index in [4.69, 9.17) is 17.3 Å². The maximum absolute atomic E-state index is 5.82. The van der Waals surface area contributed by atoms with Gasteiger partial charge in [-0.2, -0.15) is 5.10 Å². The first-order valence-corrected chi connectivity index (χ1v) is 4.70. The Labute approximate surface area is 83.9 Å². The van der Waals surface area contributed by atoms with E-state index in [-0.39, 0.29) is 11.5 Å². The summed E-state index contributed by atoms with van der Waals surface area (Å²) in [6.45, 7) is 8.52. The number of aromatic nitrogens is 2. The predicted molar refractivity (Wildman–Crippen MR) is 55.8 cm³/mol. The Morgan fingerprint density at radius 1 is 1.54 bits per heavy atom. The fourth-order valence-corrected chi connectivity index (χ4v) is 1.16. The third-order valence-electron chi connectivity index (χ3n) is 2.41. The van der Waals surface area contributed by atoms with Crippen LogP contribution in [0.25, 0.3) is 0 Å². The van der Waals surface area contributed by atoms with Crippen LogP contribution in [0.4, 0.5) is 5.82 Å². The molecule has 4 heteroatoms. The van der Waals surface area contributed by atoms with Gasteiger partial charge < -0.3 is 5.73 Å². The highest BCUT2D eigenvalue weighted by Gasteiger charge is 2.24. The fraction of sp³-hybridized carbons (Fsp3) is 0.667. The van der Waals surface area contributed by atoms with Crippen LogP contribution in [0, 0.1) is 5.41 Å². The van der Waals surface area contributed by atoms with Crippen LogP contribution in [-0.2, 0) is 0 Å². The second kappa shape index (κ2) is 3.22. The molecular weight excluding hydrogens is 186 g/mol. The van der Waals surface area contributed by atoms with E-state index in [0.717, 1.165) is 0 Å². The molecule has 1 rings (SSSR count). The maximum atomic E-state index is 5.82. The van der Waals surface area contributed by atoms with Crippen molar-refractivity contribution in [3.8, 4) is 0 Å². The minimum Gasteiger partial charge on any atom is -0.383 e. The second-order valence-corrected chi connectivity index (χ2v) is 4.77. The molecule has 0 fully saturated rings. The van der Waals surface area contributed by atoms with Crippen LogP contribution in [0.1, 0.15) is 33.7 Å². The molecule has 0 aromatic carbocycles. The molecule has 1 heterocycles. The summed E-state index contributed by atoms with van der Waals surface area (Å²) >= 11 is 5.82. The van der Waals surface area contributed by atoms with Crippen molar-refractivity contribution in [3.63, 3.8) is 0 Å². The van der Waals surface area contributed by atoms with Gasteiger partial charge in [-0.05, 0) is 12.3 Å². The van der Waals surface area contributed by atoms with E-state index >= 15 is 0 Å². The topological polar surface area (TPSA) is 43.8 Å². The van der Waals surface area contributed by atoms with Gasteiger partial charge in [-0.1, -0.05) is 32.4 Å². The lowest BCUT2D eigenvalue weighted by molar-refractivity contribution is 0.247. The third-order valence-corrected chi connectivity index (χ3v) is 2.70. The lowest BCUT2D eigenvalue weighted by Gasteiger charge is -2.28. The molecule has 0 bridgehead atoms. The van der Waals surface area contributed by atoms with Crippen LogP contribution in [0.5, 0.6) is 0 Å². The van der Waals surface area contributed by atoms with Gasteiger partial charge in [0, 0.05) is 0 Å². The third kappa shape index (κ3) is 1.97. The zero-order valence-corrected chi connectivity index (χ0v) is 9.26. The summed E-state index contributed by atoms with van der Waals surface area (Å²) in [5, 5.41) is 4.67. The largest absolute Gasteiger partial charge is 0.383 e. The van der Waals surface area contributed by atoms with Gasteiger partial charge in [-0.3, -0.25) is 0 Å². The van der Waals surface area contributed by atoms with Crippen LogP contribution in [0.3, 0.4) is 0 Å². The average molecular weight is 202 g/mol. The molecule has 3 nitrogen and oxygen atoms in total. The molecule has 0 amide bonds. The van der Waals surface area contributed by atoms with Crippen molar-refractivity contribution in [3.05, 3.63) is 11.2 Å². The van der Waals surface area contributed by atoms with Crippen molar-refractivity contribution < 1.29 is 0 Å². The van der Waals surface area contributed by atoms with E-state index in [1.54, 1.807) is 10.9 Å². The summed E-state index contributed by atoms with van der Waals surface area (Å²) in [4.78, 5) is 0. The van der Waals surface area contributed by atoms with Gasteiger partial charge in [0.2, 0.25) is 0 Å². The molecule has 1 aromatic rings. The molecule has 0 aliphatic carbocycles. The van der Waals surface area contributed by atoms with Crippen molar-refractivity contribution in [1.29, 1.82) is 0 Å². The summed E-state index contributed by atoms with van der Waals surface area (Å²) < 4.78 is 1.77. The van der Waals surface area contributed by atoms with Crippen LogP contribution < -0.4 is 5.73 Å².